The van der Waals surface area contributed by atoms with E-state index in [1.54, 1.807) is 5.51 Å². The maximum absolute atomic E-state index is 13.3. The van der Waals surface area contributed by atoms with Crippen LogP contribution in [0.15, 0.2) is 27.5 Å². The van der Waals surface area contributed by atoms with Crippen LogP contribution in [0.4, 0.5) is 14.5 Å². The first-order valence-electron chi connectivity index (χ1n) is 4.42. The van der Waals surface area contributed by atoms with Gasteiger partial charge in [-0.1, -0.05) is 0 Å². The molecule has 1 aromatic heterocycles. The number of aromatic nitrogens is 1. The Kier molecular flexibility index (Phi) is 3.50. The highest BCUT2D eigenvalue weighted by Crippen LogP contribution is 2.24. The summed E-state index contributed by atoms with van der Waals surface area (Å²) < 4.78 is 26.5. The monoisotopic (exact) mass is 304 g/mol. The van der Waals surface area contributed by atoms with E-state index in [0.29, 0.717) is 6.54 Å². The first-order chi connectivity index (χ1) is 7.66. The van der Waals surface area contributed by atoms with E-state index < -0.39 is 11.6 Å². The van der Waals surface area contributed by atoms with Gasteiger partial charge < -0.3 is 5.32 Å². The third kappa shape index (κ3) is 2.56. The van der Waals surface area contributed by atoms with Crippen molar-refractivity contribution in [3.05, 3.63) is 44.8 Å². The molecule has 0 spiro atoms. The Bertz CT molecular complexity index is 488. The molecule has 2 nitrogen and oxygen atoms in total. The van der Waals surface area contributed by atoms with Crippen LogP contribution in [0, 0.1) is 11.6 Å². The third-order valence-electron chi connectivity index (χ3n) is 1.95. The number of anilines is 1. The van der Waals surface area contributed by atoms with Gasteiger partial charge in [0.1, 0.15) is 11.6 Å². The van der Waals surface area contributed by atoms with Crippen LogP contribution in [0.3, 0.4) is 0 Å². The summed E-state index contributed by atoms with van der Waals surface area (Å²) in [6.07, 6.45) is 0. The van der Waals surface area contributed by atoms with Crippen LogP contribution >= 0.6 is 27.3 Å². The molecule has 6 heteroatoms. The zero-order valence-corrected chi connectivity index (χ0v) is 10.4. The van der Waals surface area contributed by atoms with E-state index in [1.807, 2.05) is 5.38 Å². The van der Waals surface area contributed by atoms with Crippen LogP contribution < -0.4 is 5.32 Å². The third-order valence-corrected chi connectivity index (χ3v) is 3.20. The maximum Gasteiger partial charge on any atom is 0.149 e. The van der Waals surface area contributed by atoms with Crippen molar-refractivity contribution in [1.82, 2.24) is 4.98 Å². The average Bonchev–Trinajstić information content (AvgIpc) is 2.74. The number of nitrogens with zero attached hydrogens (tertiary/aromatic N) is 1. The number of hydrogen-bond acceptors (Lipinski definition) is 3. The van der Waals surface area contributed by atoms with Crippen molar-refractivity contribution >= 4 is 33.0 Å². The van der Waals surface area contributed by atoms with Crippen LogP contribution in [0.5, 0.6) is 0 Å². The summed E-state index contributed by atoms with van der Waals surface area (Å²) in [5.41, 5.74) is 2.78. The Balaban J connectivity index is 2.12. The van der Waals surface area contributed by atoms with E-state index in [0.717, 1.165) is 11.8 Å². The summed E-state index contributed by atoms with van der Waals surface area (Å²) in [7, 11) is 0. The smallest absolute Gasteiger partial charge is 0.149 e. The fourth-order valence-corrected chi connectivity index (χ4v) is 2.07. The topological polar surface area (TPSA) is 24.9 Å². The highest BCUT2D eigenvalue weighted by molar-refractivity contribution is 9.10. The molecule has 2 aromatic rings. The van der Waals surface area contributed by atoms with E-state index >= 15 is 0 Å². The summed E-state index contributed by atoms with van der Waals surface area (Å²) in [4.78, 5) is 4.05. The van der Waals surface area contributed by atoms with Gasteiger partial charge in [-0.15, -0.1) is 11.3 Å². The number of halogens is 3. The van der Waals surface area contributed by atoms with Crippen molar-refractivity contribution < 1.29 is 8.78 Å². The van der Waals surface area contributed by atoms with Gasteiger partial charge in [-0.2, -0.15) is 0 Å². The highest BCUT2D eigenvalue weighted by atomic mass is 79.9. The van der Waals surface area contributed by atoms with Crippen molar-refractivity contribution in [3.8, 4) is 0 Å². The van der Waals surface area contributed by atoms with Crippen molar-refractivity contribution in [2.45, 2.75) is 6.54 Å². The second-order valence-electron chi connectivity index (χ2n) is 3.08. The van der Waals surface area contributed by atoms with Gasteiger partial charge in [0.25, 0.3) is 0 Å². The number of benzene rings is 1. The molecule has 0 aliphatic rings. The Morgan fingerprint density at radius 1 is 1.31 bits per heavy atom. The van der Waals surface area contributed by atoms with E-state index in [1.165, 1.54) is 17.4 Å². The lowest BCUT2D eigenvalue weighted by Crippen LogP contribution is -2.02. The summed E-state index contributed by atoms with van der Waals surface area (Å²) in [6, 6.07) is 2.21. The SMILES string of the molecule is Fc1cc(F)c(NCc2cscn2)cc1Br. The predicted octanol–water partition coefficient (Wildman–Crippen LogP) is 3.80. The summed E-state index contributed by atoms with van der Waals surface area (Å²) in [5.74, 6) is -1.23. The minimum atomic E-state index is -0.615. The molecule has 0 saturated heterocycles. The van der Waals surface area contributed by atoms with Gasteiger partial charge in [0, 0.05) is 11.4 Å². The largest absolute Gasteiger partial charge is 0.377 e. The van der Waals surface area contributed by atoms with Crippen molar-refractivity contribution in [2.75, 3.05) is 5.32 Å². The molecule has 0 fully saturated rings. The molecular weight excluding hydrogens is 298 g/mol. The van der Waals surface area contributed by atoms with E-state index in [9.17, 15) is 8.78 Å². The number of thiazole rings is 1. The minimum Gasteiger partial charge on any atom is -0.377 e. The highest BCUT2D eigenvalue weighted by Gasteiger charge is 2.08. The lowest BCUT2D eigenvalue weighted by Gasteiger charge is -2.07. The van der Waals surface area contributed by atoms with Gasteiger partial charge in [-0.05, 0) is 22.0 Å². The molecule has 0 bridgehead atoms. The normalized spacial score (nSPS) is 10.4. The summed E-state index contributed by atoms with van der Waals surface area (Å²) in [6.45, 7) is 0.415. The molecule has 0 saturated carbocycles. The first-order valence-corrected chi connectivity index (χ1v) is 6.16. The molecule has 0 aliphatic carbocycles. The Labute approximate surface area is 103 Å². The lowest BCUT2D eigenvalue weighted by atomic mass is 10.3. The quantitative estimate of drug-likeness (QED) is 0.873. The Morgan fingerprint density at radius 2 is 2.12 bits per heavy atom. The first kappa shape index (κ1) is 11.5. The molecule has 16 heavy (non-hydrogen) atoms. The second-order valence-corrected chi connectivity index (χ2v) is 4.65. The number of hydrogen-bond donors (Lipinski definition) is 1. The van der Waals surface area contributed by atoms with E-state index in [4.69, 9.17) is 0 Å². The minimum absolute atomic E-state index is 0.231. The fourth-order valence-electron chi connectivity index (χ4n) is 1.17. The fraction of sp³-hybridized carbons (Fsp3) is 0.100. The molecule has 1 N–H and O–H groups in total. The van der Waals surface area contributed by atoms with E-state index in [-0.39, 0.29) is 10.2 Å². The molecule has 0 amide bonds. The lowest BCUT2D eigenvalue weighted by molar-refractivity contribution is 0.580. The number of nitrogens with one attached hydrogen (secondary N) is 1. The van der Waals surface area contributed by atoms with Crippen LogP contribution in [0.1, 0.15) is 5.69 Å². The summed E-state index contributed by atoms with van der Waals surface area (Å²) in [5, 5.41) is 4.72. The van der Waals surface area contributed by atoms with Gasteiger partial charge in [0.15, 0.2) is 0 Å². The zero-order valence-electron chi connectivity index (χ0n) is 8.01. The molecule has 84 valence electrons. The van der Waals surface area contributed by atoms with Crippen molar-refractivity contribution in [3.63, 3.8) is 0 Å². The Morgan fingerprint density at radius 3 is 2.81 bits per heavy atom. The van der Waals surface area contributed by atoms with Gasteiger partial charge in [0.05, 0.1) is 27.9 Å². The van der Waals surface area contributed by atoms with E-state index in [2.05, 4.69) is 26.2 Å². The van der Waals surface area contributed by atoms with Gasteiger partial charge in [-0.25, -0.2) is 13.8 Å². The number of rotatable bonds is 3. The molecule has 2 rings (SSSR count). The molecule has 0 aliphatic heterocycles. The Hall–Kier alpha value is -1.01. The van der Waals surface area contributed by atoms with Crippen LogP contribution in [-0.2, 0) is 6.54 Å². The molecule has 0 radical (unpaired) electrons. The summed E-state index contributed by atoms with van der Waals surface area (Å²) >= 11 is 4.47. The maximum atomic E-state index is 13.3. The molecular formula is C10H7BrF2N2S. The second kappa shape index (κ2) is 4.88. The predicted molar refractivity (Wildman–Crippen MR) is 63.5 cm³/mol. The van der Waals surface area contributed by atoms with Crippen molar-refractivity contribution in [1.29, 1.82) is 0 Å². The van der Waals surface area contributed by atoms with Crippen LogP contribution in [0.2, 0.25) is 0 Å². The van der Waals surface area contributed by atoms with Crippen LogP contribution in [-0.4, -0.2) is 4.98 Å². The standard InChI is InChI=1S/C10H7BrF2N2S/c11-7-1-10(9(13)2-8(7)12)14-3-6-4-16-5-15-6/h1-2,4-5,14H,3H2. The molecule has 0 unspecified atom stereocenters. The molecule has 1 aromatic carbocycles. The molecule has 1 heterocycles. The van der Waals surface area contributed by atoms with Gasteiger partial charge in [-0.3, -0.25) is 0 Å². The van der Waals surface area contributed by atoms with Gasteiger partial charge in [0.2, 0.25) is 0 Å². The van der Waals surface area contributed by atoms with Gasteiger partial charge >= 0.3 is 0 Å². The van der Waals surface area contributed by atoms with Crippen LogP contribution in [0.25, 0.3) is 0 Å². The van der Waals surface area contributed by atoms with Crippen molar-refractivity contribution in [2.24, 2.45) is 0 Å². The molecule has 0 atom stereocenters. The zero-order chi connectivity index (χ0) is 11.5. The average molecular weight is 305 g/mol.